The molecule has 0 spiro atoms. The van der Waals surface area contributed by atoms with E-state index < -0.39 is 29.2 Å². The van der Waals surface area contributed by atoms with E-state index in [1.165, 1.54) is 4.68 Å². The third-order valence-corrected chi connectivity index (χ3v) is 2.57. The molecule has 0 unspecified atom stereocenters. The van der Waals surface area contributed by atoms with E-state index in [0.29, 0.717) is 11.3 Å². The number of hydrogen-bond acceptors (Lipinski definition) is 3. The van der Waals surface area contributed by atoms with Crippen molar-refractivity contribution in [3.05, 3.63) is 41.0 Å². The van der Waals surface area contributed by atoms with Crippen molar-refractivity contribution in [2.75, 3.05) is 5.32 Å². The van der Waals surface area contributed by atoms with Gasteiger partial charge in [-0.1, -0.05) is 0 Å². The minimum absolute atomic E-state index is 0.0175. The van der Waals surface area contributed by atoms with Crippen molar-refractivity contribution in [2.45, 2.75) is 13.5 Å². The van der Waals surface area contributed by atoms with Gasteiger partial charge in [-0.15, -0.1) is 0 Å². The highest BCUT2D eigenvalue weighted by molar-refractivity contribution is 5.46. The summed E-state index contributed by atoms with van der Waals surface area (Å²) in [5.74, 6) is -6.49. The van der Waals surface area contributed by atoms with Crippen molar-refractivity contribution in [2.24, 2.45) is 7.05 Å². The molecule has 0 saturated heterocycles. The zero-order valence-corrected chi connectivity index (χ0v) is 10.1. The average molecular weight is 274 g/mol. The Morgan fingerprint density at radius 3 is 2.21 bits per heavy atom. The number of anilines is 1. The second kappa shape index (κ2) is 4.87. The first-order chi connectivity index (χ1) is 8.90. The van der Waals surface area contributed by atoms with Gasteiger partial charge in [-0.2, -0.15) is 27.6 Å². The lowest BCUT2D eigenvalue weighted by atomic mass is 10.2. The standard InChI is InChI=1S/C11H10F4N4/c1-5-6(4-19(2)18-5)3-16-9-7(12)10(14)17-11(15)8(9)13/h4H,3H2,1-2H3,(H,16,17). The Morgan fingerprint density at radius 2 is 1.74 bits per heavy atom. The lowest BCUT2D eigenvalue weighted by Crippen LogP contribution is -2.09. The second-order valence-corrected chi connectivity index (χ2v) is 3.96. The Labute approximate surface area is 106 Å². The van der Waals surface area contributed by atoms with Crippen molar-refractivity contribution in [1.29, 1.82) is 0 Å². The zero-order valence-electron chi connectivity index (χ0n) is 10.1. The molecule has 0 aliphatic carbocycles. The topological polar surface area (TPSA) is 42.7 Å². The summed E-state index contributed by atoms with van der Waals surface area (Å²) < 4.78 is 53.9. The van der Waals surface area contributed by atoms with Crippen LogP contribution in [0, 0.1) is 30.5 Å². The van der Waals surface area contributed by atoms with Crippen LogP contribution in [0.3, 0.4) is 0 Å². The SMILES string of the molecule is Cc1nn(C)cc1CNc1c(F)c(F)nc(F)c1F. The Balaban J connectivity index is 2.27. The van der Waals surface area contributed by atoms with E-state index in [1.54, 1.807) is 20.2 Å². The molecule has 0 aliphatic heterocycles. The summed E-state index contributed by atoms with van der Waals surface area (Å²) in [6.07, 6.45) is 1.63. The minimum atomic E-state index is -1.69. The first-order valence-electron chi connectivity index (χ1n) is 5.33. The van der Waals surface area contributed by atoms with E-state index in [4.69, 9.17) is 0 Å². The van der Waals surface area contributed by atoms with Gasteiger partial charge >= 0.3 is 0 Å². The van der Waals surface area contributed by atoms with Gasteiger partial charge in [0.25, 0.3) is 11.9 Å². The molecule has 0 fully saturated rings. The summed E-state index contributed by atoms with van der Waals surface area (Å²) in [4.78, 5) is 2.47. The normalized spacial score (nSPS) is 10.8. The van der Waals surface area contributed by atoms with Gasteiger partial charge in [0, 0.05) is 25.4 Å². The molecule has 4 nitrogen and oxygen atoms in total. The van der Waals surface area contributed by atoms with Gasteiger partial charge in [0.2, 0.25) is 11.6 Å². The Morgan fingerprint density at radius 1 is 1.16 bits per heavy atom. The van der Waals surface area contributed by atoms with Crippen LogP contribution in [0.4, 0.5) is 23.2 Å². The molecule has 8 heteroatoms. The highest BCUT2D eigenvalue weighted by Gasteiger charge is 2.20. The molecule has 0 saturated carbocycles. The van der Waals surface area contributed by atoms with Crippen LogP contribution in [-0.4, -0.2) is 14.8 Å². The summed E-state index contributed by atoms with van der Waals surface area (Å²) in [6.45, 7) is 1.69. The molecule has 0 amide bonds. The summed E-state index contributed by atoms with van der Waals surface area (Å²) in [7, 11) is 1.68. The van der Waals surface area contributed by atoms with E-state index in [9.17, 15) is 17.6 Å². The lowest BCUT2D eigenvalue weighted by Gasteiger charge is -2.08. The second-order valence-electron chi connectivity index (χ2n) is 3.96. The first-order valence-corrected chi connectivity index (χ1v) is 5.33. The fourth-order valence-corrected chi connectivity index (χ4v) is 1.65. The predicted octanol–water partition coefficient (Wildman–Crippen LogP) is 2.29. The number of nitrogens with zero attached hydrogens (tertiary/aromatic N) is 3. The molecular weight excluding hydrogens is 264 g/mol. The average Bonchev–Trinajstić information content (AvgIpc) is 2.65. The number of hydrogen-bond donors (Lipinski definition) is 1. The number of rotatable bonds is 3. The highest BCUT2D eigenvalue weighted by Crippen LogP contribution is 2.22. The third-order valence-electron chi connectivity index (χ3n) is 2.57. The van der Waals surface area contributed by atoms with Gasteiger partial charge in [-0.25, -0.2) is 0 Å². The van der Waals surface area contributed by atoms with Crippen LogP contribution in [0.2, 0.25) is 0 Å². The molecule has 0 aromatic carbocycles. The van der Waals surface area contributed by atoms with E-state index in [-0.39, 0.29) is 6.54 Å². The fraction of sp³-hybridized carbons (Fsp3) is 0.273. The van der Waals surface area contributed by atoms with Gasteiger partial charge < -0.3 is 5.32 Å². The number of aryl methyl sites for hydroxylation is 2. The van der Waals surface area contributed by atoms with E-state index in [2.05, 4.69) is 15.4 Å². The van der Waals surface area contributed by atoms with E-state index in [0.717, 1.165) is 0 Å². The molecule has 0 atom stereocenters. The van der Waals surface area contributed by atoms with Crippen molar-refractivity contribution in [1.82, 2.24) is 14.8 Å². The number of halogens is 4. The number of nitrogens with one attached hydrogen (secondary N) is 1. The molecule has 1 N–H and O–H groups in total. The highest BCUT2D eigenvalue weighted by atomic mass is 19.2. The first kappa shape index (κ1) is 13.3. The fourth-order valence-electron chi connectivity index (χ4n) is 1.65. The molecule has 2 rings (SSSR count). The molecule has 19 heavy (non-hydrogen) atoms. The van der Waals surface area contributed by atoms with Gasteiger partial charge in [-0.05, 0) is 6.92 Å². The molecule has 2 aromatic heterocycles. The van der Waals surface area contributed by atoms with Crippen LogP contribution in [0.15, 0.2) is 6.20 Å². The Kier molecular flexibility index (Phi) is 3.41. The monoisotopic (exact) mass is 274 g/mol. The molecule has 102 valence electrons. The lowest BCUT2D eigenvalue weighted by molar-refractivity contribution is 0.410. The molecule has 2 aromatic rings. The van der Waals surface area contributed by atoms with Gasteiger partial charge in [-0.3, -0.25) is 4.68 Å². The molecule has 0 bridgehead atoms. The van der Waals surface area contributed by atoms with Crippen LogP contribution in [0.1, 0.15) is 11.3 Å². The quantitative estimate of drug-likeness (QED) is 0.690. The van der Waals surface area contributed by atoms with Crippen molar-refractivity contribution >= 4 is 5.69 Å². The van der Waals surface area contributed by atoms with Crippen LogP contribution < -0.4 is 5.32 Å². The maximum absolute atomic E-state index is 13.3. The van der Waals surface area contributed by atoms with Crippen molar-refractivity contribution in [3.63, 3.8) is 0 Å². The van der Waals surface area contributed by atoms with Gasteiger partial charge in [0.15, 0.2) is 0 Å². The van der Waals surface area contributed by atoms with Crippen LogP contribution in [0.5, 0.6) is 0 Å². The summed E-state index contributed by atoms with van der Waals surface area (Å²) >= 11 is 0. The Bertz CT molecular complexity index is 597. The maximum atomic E-state index is 13.3. The predicted molar refractivity (Wildman–Crippen MR) is 59.3 cm³/mol. The number of pyridine rings is 1. The van der Waals surface area contributed by atoms with Crippen molar-refractivity contribution < 1.29 is 17.6 Å². The van der Waals surface area contributed by atoms with Crippen molar-refractivity contribution in [3.8, 4) is 0 Å². The zero-order chi connectivity index (χ0) is 14.2. The molecule has 0 radical (unpaired) electrons. The Hall–Kier alpha value is -2.12. The molecular formula is C11H10F4N4. The largest absolute Gasteiger partial charge is 0.376 e. The number of aromatic nitrogens is 3. The third kappa shape index (κ3) is 2.51. The van der Waals surface area contributed by atoms with Crippen LogP contribution in [0.25, 0.3) is 0 Å². The molecule has 2 heterocycles. The van der Waals surface area contributed by atoms with E-state index >= 15 is 0 Å². The maximum Gasteiger partial charge on any atom is 0.253 e. The minimum Gasteiger partial charge on any atom is -0.376 e. The van der Waals surface area contributed by atoms with Gasteiger partial charge in [0.05, 0.1) is 5.69 Å². The van der Waals surface area contributed by atoms with E-state index in [1.807, 2.05) is 0 Å². The van der Waals surface area contributed by atoms with Gasteiger partial charge in [0.1, 0.15) is 5.69 Å². The molecule has 0 aliphatic rings. The smallest absolute Gasteiger partial charge is 0.253 e. The summed E-state index contributed by atoms with van der Waals surface area (Å²) in [5, 5.41) is 6.34. The van der Waals surface area contributed by atoms with Crippen LogP contribution in [-0.2, 0) is 13.6 Å². The summed E-state index contributed by atoms with van der Waals surface area (Å²) in [6, 6.07) is 0. The van der Waals surface area contributed by atoms with Crippen LogP contribution >= 0.6 is 0 Å². The summed E-state index contributed by atoms with van der Waals surface area (Å²) in [5.41, 5.74) is 0.415.